The van der Waals surface area contributed by atoms with Gasteiger partial charge in [0.1, 0.15) is 11.5 Å². The van der Waals surface area contributed by atoms with Crippen molar-refractivity contribution in [3.8, 4) is 5.75 Å². The summed E-state index contributed by atoms with van der Waals surface area (Å²) < 4.78 is 5.52. The van der Waals surface area contributed by atoms with Gasteiger partial charge >= 0.3 is 0 Å². The molecule has 0 unspecified atom stereocenters. The third-order valence-electron chi connectivity index (χ3n) is 1.92. The molecule has 1 aromatic carbocycles. The number of benzene rings is 1. The Bertz CT molecular complexity index is 367. The fourth-order valence-electron chi connectivity index (χ4n) is 1.18. The van der Waals surface area contributed by atoms with Gasteiger partial charge in [0.15, 0.2) is 0 Å². The van der Waals surface area contributed by atoms with Crippen molar-refractivity contribution >= 4 is 0 Å². The molecular weight excluding hydrogens is 198 g/mol. The number of nitrogens with two attached hydrogens (primary N) is 1. The topological polar surface area (TPSA) is 35.2 Å². The monoisotopic (exact) mass is 219 g/mol. The van der Waals surface area contributed by atoms with E-state index in [1.807, 2.05) is 39.8 Å². The Morgan fingerprint density at radius 3 is 2.38 bits per heavy atom. The minimum absolute atomic E-state index is 0.567. The molecule has 1 aromatic rings. The van der Waals surface area contributed by atoms with E-state index in [4.69, 9.17) is 10.5 Å². The molecule has 2 N–H and O–H groups in total. The van der Waals surface area contributed by atoms with Crippen LogP contribution in [0.15, 0.2) is 42.8 Å². The van der Waals surface area contributed by atoms with Gasteiger partial charge in [-0.2, -0.15) is 0 Å². The van der Waals surface area contributed by atoms with E-state index < -0.39 is 0 Å². The lowest BCUT2D eigenvalue weighted by Crippen LogP contribution is -1.97. The second-order valence-corrected chi connectivity index (χ2v) is 3.14. The zero-order valence-electron chi connectivity index (χ0n) is 10.6. The van der Waals surface area contributed by atoms with E-state index in [9.17, 15) is 0 Å². The summed E-state index contributed by atoms with van der Waals surface area (Å²) >= 11 is 0. The average Bonchev–Trinajstić information content (AvgIpc) is 2.31. The highest BCUT2D eigenvalue weighted by atomic mass is 16.5. The van der Waals surface area contributed by atoms with Gasteiger partial charge in [-0.05, 0) is 31.6 Å². The quantitative estimate of drug-likeness (QED) is 0.621. The van der Waals surface area contributed by atoms with Crippen molar-refractivity contribution in [2.45, 2.75) is 27.7 Å². The van der Waals surface area contributed by atoms with Crippen LogP contribution in [0.25, 0.3) is 0 Å². The van der Waals surface area contributed by atoms with Crippen LogP contribution >= 0.6 is 0 Å². The molecule has 0 aliphatic carbocycles. The van der Waals surface area contributed by atoms with Gasteiger partial charge in [-0.25, -0.2) is 0 Å². The summed E-state index contributed by atoms with van der Waals surface area (Å²) in [6.45, 7) is 11.6. The Morgan fingerprint density at radius 2 is 1.94 bits per heavy atom. The first-order valence-electron chi connectivity index (χ1n) is 5.47. The van der Waals surface area contributed by atoms with E-state index in [0.29, 0.717) is 5.76 Å². The van der Waals surface area contributed by atoms with Gasteiger partial charge in [0.05, 0.1) is 0 Å². The van der Waals surface area contributed by atoms with Gasteiger partial charge in [0.25, 0.3) is 0 Å². The van der Waals surface area contributed by atoms with E-state index in [-0.39, 0.29) is 0 Å². The number of rotatable bonds is 3. The highest BCUT2D eigenvalue weighted by Crippen LogP contribution is 2.20. The summed E-state index contributed by atoms with van der Waals surface area (Å²) in [7, 11) is 0. The molecule has 1 rings (SSSR count). The molecule has 0 spiro atoms. The van der Waals surface area contributed by atoms with Crippen LogP contribution in [0.3, 0.4) is 0 Å². The smallest absolute Gasteiger partial charge is 0.142 e. The normalized spacial score (nSPS) is 10.1. The Balaban J connectivity index is 0.00000106. The predicted octanol–water partition coefficient (Wildman–Crippen LogP) is 3.69. The Hall–Kier alpha value is -1.70. The lowest BCUT2D eigenvalue weighted by atomic mass is 10.1. The zero-order chi connectivity index (χ0) is 12.6. The van der Waals surface area contributed by atoms with Gasteiger partial charge in [0, 0.05) is 6.20 Å². The van der Waals surface area contributed by atoms with Crippen LogP contribution < -0.4 is 10.5 Å². The summed E-state index contributed by atoms with van der Waals surface area (Å²) in [5, 5.41) is 0. The predicted molar refractivity (Wildman–Crippen MR) is 70.4 cm³/mol. The van der Waals surface area contributed by atoms with E-state index in [2.05, 4.69) is 12.6 Å². The van der Waals surface area contributed by atoms with E-state index in [1.165, 1.54) is 11.8 Å². The molecule has 0 bridgehead atoms. The molecule has 0 saturated heterocycles. The van der Waals surface area contributed by atoms with Crippen LogP contribution in [0.5, 0.6) is 5.75 Å². The SMILES string of the molecule is C=C/C(=C\N)Oc1ccc(C)cc1C.CC. The van der Waals surface area contributed by atoms with Crippen molar-refractivity contribution < 1.29 is 4.74 Å². The lowest BCUT2D eigenvalue weighted by molar-refractivity contribution is 0.439. The molecule has 0 atom stereocenters. The molecule has 16 heavy (non-hydrogen) atoms. The van der Waals surface area contributed by atoms with Gasteiger partial charge in [-0.15, -0.1) is 0 Å². The largest absolute Gasteiger partial charge is 0.456 e. The van der Waals surface area contributed by atoms with E-state index in [1.54, 1.807) is 6.08 Å². The molecule has 88 valence electrons. The molecule has 2 heteroatoms. The van der Waals surface area contributed by atoms with Crippen molar-refractivity contribution in [1.29, 1.82) is 0 Å². The van der Waals surface area contributed by atoms with Crippen LogP contribution in [0.2, 0.25) is 0 Å². The number of hydrogen-bond acceptors (Lipinski definition) is 2. The van der Waals surface area contributed by atoms with Gasteiger partial charge < -0.3 is 10.5 Å². The molecule has 0 aromatic heterocycles. The third kappa shape index (κ3) is 4.22. The first-order valence-corrected chi connectivity index (χ1v) is 5.47. The van der Waals surface area contributed by atoms with Crippen molar-refractivity contribution in [1.82, 2.24) is 0 Å². The maximum atomic E-state index is 5.52. The number of ether oxygens (including phenoxy) is 1. The molecular formula is C14H21NO. The third-order valence-corrected chi connectivity index (χ3v) is 1.92. The van der Waals surface area contributed by atoms with Crippen LogP contribution in [-0.2, 0) is 0 Å². The molecule has 0 fully saturated rings. The summed E-state index contributed by atoms with van der Waals surface area (Å²) in [5.74, 6) is 1.38. The molecule has 2 nitrogen and oxygen atoms in total. The highest BCUT2D eigenvalue weighted by Gasteiger charge is 2.00. The molecule has 0 aliphatic heterocycles. The average molecular weight is 219 g/mol. The Kier molecular flexibility index (Phi) is 6.77. The van der Waals surface area contributed by atoms with Crippen LogP contribution in [0, 0.1) is 13.8 Å². The second-order valence-electron chi connectivity index (χ2n) is 3.14. The molecule has 0 radical (unpaired) electrons. The van der Waals surface area contributed by atoms with Crippen LogP contribution in [0.4, 0.5) is 0 Å². The number of hydrogen-bond donors (Lipinski definition) is 1. The minimum atomic E-state index is 0.567. The maximum absolute atomic E-state index is 5.52. The number of aryl methyl sites for hydroxylation is 2. The fourth-order valence-corrected chi connectivity index (χ4v) is 1.18. The number of allylic oxidation sites excluding steroid dienone is 1. The van der Waals surface area contributed by atoms with E-state index in [0.717, 1.165) is 11.3 Å². The molecule has 0 amide bonds. The van der Waals surface area contributed by atoms with Crippen molar-refractivity contribution in [3.05, 3.63) is 53.9 Å². The summed E-state index contributed by atoms with van der Waals surface area (Å²) in [6, 6.07) is 5.99. The fraction of sp³-hybridized carbons (Fsp3) is 0.286. The Labute approximate surface area is 98.4 Å². The standard InChI is InChI=1S/C12H15NO.C2H6/c1-4-11(8-13)14-12-6-5-9(2)7-10(12)3;1-2/h4-8H,1,13H2,2-3H3;1-2H3/b11-8+;. The van der Waals surface area contributed by atoms with Gasteiger partial charge in [-0.1, -0.05) is 38.1 Å². The first-order chi connectivity index (χ1) is 7.67. The van der Waals surface area contributed by atoms with E-state index >= 15 is 0 Å². The van der Waals surface area contributed by atoms with Crippen molar-refractivity contribution in [2.24, 2.45) is 5.73 Å². The van der Waals surface area contributed by atoms with Gasteiger partial charge in [0.2, 0.25) is 0 Å². The van der Waals surface area contributed by atoms with Crippen LogP contribution in [-0.4, -0.2) is 0 Å². The Morgan fingerprint density at radius 1 is 1.31 bits per heavy atom. The summed E-state index contributed by atoms with van der Waals surface area (Å²) in [4.78, 5) is 0. The summed E-state index contributed by atoms with van der Waals surface area (Å²) in [6.07, 6.45) is 2.98. The van der Waals surface area contributed by atoms with Crippen LogP contribution in [0.1, 0.15) is 25.0 Å². The molecule has 0 aliphatic rings. The van der Waals surface area contributed by atoms with Crippen molar-refractivity contribution in [2.75, 3.05) is 0 Å². The maximum Gasteiger partial charge on any atom is 0.142 e. The summed E-state index contributed by atoms with van der Waals surface area (Å²) in [5.41, 5.74) is 7.66. The van der Waals surface area contributed by atoms with Gasteiger partial charge in [-0.3, -0.25) is 0 Å². The zero-order valence-corrected chi connectivity index (χ0v) is 10.6. The molecule has 0 saturated carbocycles. The second kappa shape index (κ2) is 7.57. The van der Waals surface area contributed by atoms with Crippen molar-refractivity contribution in [3.63, 3.8) is 0 Å². The lowest BCUT2D eigenvalue weighted by Gasteiger charge is -2.09. The minimum Gasteiger partial charge on any atom is -0.456 e. The highest BCUT2D eigenvalue weighted by molar-refractivity contribution is 5.37. The molecule has 0 heterocycles. The first kappa shape index (κ1) is 14.3.